The molecule has 0 spiro atoms. The van der Waals surface area contributed by atoms with Gasteiger partial charge in [-0.15, -0.1) is 0 Å². The minimum Gasteiger partial charge on any atom is -0.490 e. The number of rotatable bonds is 7. The molecule has 0 saturated carbocycles. The summed E-state index contributed by atoms with van der Waals surface area (Å²) in [6, 6.07) is 7.39. The quantitative estimate of drug-likeness (QED) is 0.762. The molecule has 4 heteroatoms. The van der Waals surface area contributed by atoms with Gasteiger partial charge in [-0.05, 0) is 18.6 Å². The average molecular weight is 236 g/mol. The van der Waals surface area contributed by atoms with E-state index in [1.54, 1.807) is 0 Å². The van der Waals surface area contributed by atoms with Crippen LogP contribution in [0, 0.1) is 0 Å². The fourth-order valence-corrected chi connectivity index (χ4v) is 1.41. The zero-order valence-electron chi connectivity index (χ0n) is 10.2. The molecule has 0 atom stereocenters. The van der Waals surface area contributed by atoms with Crippen molar-refractivity contribution in [2.24, 2.45) is 5.73 Å². The number of para-hydroxylation sites is 2. The van der Waals surface area contributed by atoms with Gasteiger partial charge in [-0.1, -0.05) is 25.5 Å². The Balaban J connectivity index is 2.59. The number of nitrogens with two attached hydrogens (primary N) is 1. The van der Waals surface area contributed by atoms with E-state index in [0.29, 0.717) is 31.0 Å². The zero-order chi connectivity index (χ0) is 12.5. The average Bonchev–Trinajstić information content (AvgIpc) is 2.35. The smallest absolute Gasteiger partial charge is 0.224 e. The van der Waals surface area contributed by atoms with Crippen LogP contribution in [0.4, 0.5) is 5.69 Å². The molecular formula is C13H20N2O2. The molecular weight excluding hydrogens is 216 g/mol. The van der Waals surface area contributed by atoms with Crippen molar-refractivity contribution in [1.82, 2.24) is 0 Å². The molecule has 0 bridgehead atoms. The molecule has 0 saturated heterocycles. The Hall–Kier alpha value is -1.55. The monoisotopic (exact) mass is 236 g/mol. The van der Waals surface area contributed by atoms with Crippen molar-refractivity contribution in [3.8, 4) is 5.75 Å². The maximum atomic E-state index is 11.6. The van der Waals surface area contributed by atoms with Crippen LogP contribution < -0.4 is 15.8 Å². The molecule has 1 amide bonds. The third kappa shape index (κ3) is 4.87. The third-order valence-corrected chi connectivity index (χ3v) is 2.29. The molecule has 94 valence electrons. The lowest BCUT2D eigenvalue weighted by Crippen LogP contribution is -2.14. The van der Waals surface area contributed by atoms with Gasteiger partial charge in [0.15, 0.2) is 0 Å². The van der Waals surface area contributed by atoms with E-state index < -0.39 is 0 Å². The lowest BCUT2D eigenvalue weighted by atomic mass is 10.2. The summed E-state index contributed by atoms with van der Waals surface area (Å²) in [4.78, 5) is 11.6. The van der Waals surface area contributed by atoms with Gasteiger partial charge >= 0.3 is 0 Å². The number of nitrogens with one attached hydrogen (secondary N) is 1. The summed E-state index contributed by atoms with van der Waals surface area (Å²) in [5.41, 5.74) is 6.09. The van der Waals surface area contributed by atoms with Crippen molar-refractivity contribution in [2.75, 3.05) is 18.5 Å². The van der Waals surface area contributed by atoms with Gasteiger partial charge in [-0.2, -0.15) is 0 Å². The second-order valence-corrected chi connectivity index (χ2v) is 3.79. The van der Waals surface area contributed by atoms with Crippen LogP contribution >= 0.6 is 0 Å². The van der Waals surface area contributed by atoms with Crippen molar-refractivity contribution >= 4 is 11.6 Å². The number of hydrogen-bond donors (Lipinski definition) is 2. The lowest BCUT2D eigenvalue weighted by molar-refractivity contribution is -0.116. The molecule has 1 rings (SSSR count). The Morgan fingerprint density at radius 2 is 2.18 bits per heavy atom. The minimum absolute atomic E-state index is 0.0237. The van der Waals surface area contributed by atoms with Crippen molar-refractivity contribution in [1.29, 1.82) is 0 Å². The van der Waals surface area contributed by atoms with Crippen LogP contribution in [0.3, 0.4) is 0 Å². The first kappa shape index (κ1) is 13.5. The van der Waals surface area contributed by atoms with Crippen LogP contribution in [-0.4, -0.2) is 19.1 Å². The molecule has 0 aromatic heterocycles. The van der Waals surface area contributed by atoms with E-state index in [2.05, 4.69) is 12.2 Å². The summed E-state index contributed by atoms with van der Waals surface area (Å²) in [5, 5.41) is 2.85. The second kappa shape index (κ2) is 7.68. The van der Waals surface area contributed by atoms with E-state index in [-0.39, 0.29) is 5.91 Å². The molecule has 0 heterocycles. The summed E-state index contributed by atoms with van der Waals surface area (Å²) in [7, 11) is 0. The highest BCUT2D eigenvalue weighted by Gasteiger charge is 2.06. The molecule has 1 aromatic carbocycles. The number of anilines is 1. The number of ether oxygens (including phenoxy) is 1. The van der Waals surface area contributed by atoms with Crippen molar-refractivity contribution in [3.05, 3.63) is 24.3 Å². The lowest BCUT2D eigenvalue weighted by Gasteiger charge is -2.11. The van der Waals surface area contributed by atoms with Gasteiger partial charge in [0.05, 0.1) is 5.69 Å². The van der Waals surface area contributed by atoms with Gasteiger partial charge in [0.1, 0.15) is 12.4 Å². The standard InChI is InChI=1S/C13H20N2O2/c1-2-3-8-13(16)15-11-6-4-5-7-12(11)17-10-9-14/h4-7H,2-3,8-10,14H2,1H3,(H,15,16). The zero-order valence-corrected chi connectivity index (χ0v) is 10.2. The summed E-state index contributed by atoms with van der Waals surface area (Å²) in [5.74, 6) is 0.693. The molecule has 3 N–H and O–H groups in total. The maximum absolute atomic E-state index is 11.6. The summed E-state index contributed by atoms with van der Waals surface area (Å²) in [6.07, 6.45) is 2.46. The molecule has 17 heavy (non-hydrogen) atoms. The van der Waals surface area contributed by atoms with Crippen LogP contribution in [0.2, 0.25) is 0 Å². The highest BCUT2D eigenvalue weighted by molar-refractivity contribution is 5.92. The predicted molar refractivity (Wildman–Crippen MR) is 69.1 cm³/mol. The molecule has 0 aliphatic rings. The Morgan fingerprint density at radius 3 is 2.88 bits per heavy atom. The SMILES string of the molecule is CCCCC(=O)Nc1ccccc1OCCN. The fourth-order valence-electron chi connectivity index (χ4n) is 1.41. The van der Waals surface area contributed by atoms with E-state index in [1.807, 2.05) is 24.3 Å². The molecule has 0 aliphatic heterocycles. The van der Waals surface area contributed by atoms with Crippen molar-refractivity contribution in [2.45, 2.75) is 26.2 Å². The molecule has 0 unspecified atom stereocenters. The number of carbonyl (C=O) groups is 1. The van der Waals surface area contributed by atoms with E-state index in [4.69, 9.17) is 10.5 Å². The summed E-state index contributed by atoms with van der Waals surface area (Å²) >= 11 is 0. The number of carbonyl (C=O) groups excluding carboxylic acids is 1. The normalized spacial score (nSPS) is 10.0. The van der Waals surface area contributed by atoms with Crippen LogP contribution in [0.5, 0.6) is 5.75 Å². The van der Waals surface area contributed by atoms with Gasteiger partial charge in [0.25, 0.3) is 0 Å². The second-order valence-electron chi connectivity index (χ2n) is 3.79. The van der Waals surface area contributed by atoms with Crippen LogP contribution in [0.25, 0.3) is 0 Å². The summed E-state index contributed by atoms with van der Waals surface area (Å²) in [6.45, 7) is 2.96. The van der Waals surface area contributed by atoms with Gasteiger partial charge in [-0.25, -0.2) is 0 Å². The van der Waals surface area contributed by atoms with Crippen molar-refractivity contribution < 1.29 is 9.53 Å². The topological polar surface area (TPSA) is 64.3 Å². The van der Waals surface area contributed by atoms with E-state index in [0.717, 1.165) is 12.8 Å². The largest absolute Gasteiger partial charge is 0.490 e. The van der Waals surface area contributed by atoms with Gasteiger partial charge in [-0.3, -0.25) is 4.79 Å². The van der Waals surface area contributed by atoms with E-state index >= 15 is 0 Å². The first-order valence-electron chi connectivity index (χ1n) is 5.99. The number of unbranched alkanes of at least 4 members (excludes halogenated alkanes) is 1. The first-order chi connectivity index (χ1) is 8.27. The molecule has 0 aliphatic carbocycles. The Morgan fingerprint density at radius 1 is 1.41 bits per heavy atom. The van der Waals surface area contributed by atoms with Crippen LogP contribution in [0.1, 0.15) is 26.2 Å². The maximum Gasteiger partial charge on any atom is 0.224 e. The minimum atomic E-state index is 0.0237. The first-order valence-corrected chi connectivity index (χ1v) is 5.99. The van der Waals surface area contributed by atoms with E-state index in [9.17, 15) is 4.79 Å². The molecule has 1 aromatic rings. The number of benzene rings is 1. The Kier molecular flexibility index (Phi) is 6.10. The highest BCUT2D eigenvalue weighted by atomic mass is 16.5. The Labute approximate surface area is 102 Å². The third-order valence-electron chi connectivity index (χ3n) is 2.29. The van der Waals surface area contributed by atoms with Gasteiger partial charge in [0, 0.05) is 13.0 Å². The van der Waals surface area contributed by atoms with Crippen LogP contribution in [0.15, 0.2) is 24.3 Å². The molecule has 4 nitrogen and oxygen atoms in total. The molecule has 0 radical (unpaired) electrons. The molecule has 0 fully saturated rings. The van der Waals surface area contributed by atoms with Gasteiger partial charge < -0.3 is 15.8 Å². The summed E-state index contributed by atoms with van der Waals surface area (Å²) < 4.78 is 5.45. The Bertz CT molecular complexity index is 353. The van der Waals surface area contributed by atoms with Crippen molar-refractivity contribution in [3.63, 3.8) is 0 Å². The highest BCUT2D eigenvalue weighted by Crippen LogP contribution is 2.23. The van der Waals surface area contributed by atoms with E-state index in [1.165, 1.54) is 0 Å². The number of amides is 1. The number of hydrogen-bond acceptors (Lipinski definition) is 3. The fraction of sp³-hybridized carbons (Fsp3) is 0.462. The van der Waals surface area contributed by atoms with Crippen LogP contribution in [-0.2, 0) is 4.79 Å². The predicted octanol–water partition coefficient (Wildman–Crippen LogP) is 2.15. The van der Waals surface area contributed by atoms with Gasteiger partial charge in [0.2, 0.25) is 5.91 Å².